The highest BCUT2D eigenvalue weighted by Gasteiger charge is 2.43. The van der Waals surface area contributed by atoms with Crippen LogP contribution in [0.5, 0.6) is 0 Å². The third-order valence-electron chi connectivity index (χ3n) is 6.57. The van der Waals surface area contributed by atoms with Gasteiger partial charge in [0.25, 0.3) is 0 Å². The third-order valence-corrected chi connectivity index (χ3v) is 8.45. The van der Waals surface area contributed by atoms with Gasteiger partial charge in [-0.25, -0.2) is 18.4 Å². The molecular weight excluding hydrogens is 410 g/mol. The highest BCUT2D eigenvalue weighted by molar-refractivity contribution is 7.89. The molecule has 0 aromatic carbocycles. The van der Waals surface area contributed by atoms with Gasteiger partial charge >= 0.3 is 0 Å². The summed E-state index contributed by atoms with van der Waals surface area (Å²) in [5.41, 5.74) is 1.98. The molecule has 7 nitrogen and oxygen atoms in total. The Morgan fingerprint density at radius 3 is 2.68 bits per heavy atom. The normalized spacial score (nSPS) is 18.9. The molecule has 2 N–H and O–H groups in total. The summed E-state index contributed by atoms with van der Waals surface area (Å²) in [5.74, 6) is 1.23. The molecule has 31 heavy (non-hydrogen) atoms. The molecule has 0 atom stereocenters. The second kappa shape index (κ2) is 9.12. The number of hydrogen-bond donors (Lipinski definition) is 2. The van der Waals surface area contributed by atoms with Crippen LogP contribution < -0.4 is 10.6 Å². The van der Waals surface area contributed by atoms with Crippen molar-refractivity contribution in [3.63, 3.8) is 0 Å². The Bertz CT molecular complexity index is 1020. The van der Waals surface area contributed by atoms with E-state index >= 15 is 0 Å². The molecule has 1 saturated carbocycles. The fraction of sp³-hybridized carbons (Fsp3) is 0.565. The van der Waals surface area contributed by atoms with E-state index in [2.05, 4.69) is 20.6 Å². The van der Waals surface area contributed by atoms with Gasteiger partial charge in [0.2, 0.25) is 10.0 Å². The summed E-state index contributed by atoms with van der Waals surface area (Å²) in [7, 11) is -3.60. The molecule has 0 amide bonds. The summed E-state index contributed by atoms with van der Waals surface area (Å²) in [6.45, 7) is 6.42. The lowest BCUT2D eigenvalue weighted by Gasteiger charge is -2.33. The molecule has 0 bridgehead atoms. The smallest absolute Gasteiger partial charge is 0.246 e. The van der Waals surface area contributed by atoms with Gasteiger partial charge in [-0.1, -0.05) is 19.3 Å². The second-order valence-corrected chi connectivity index (χ2v) is 10.8. The Balaban J connectivity index is 1.54. The fourth-order valence-electron chi connectivity index (χ4n) is 4.87. The summed E-state index contributed by atoms with van der Waals surface area (Å²) in [6.07, 6.45) is 8.72. The summed E-state index contributed by atoms with van der Waals surface area (Å²) in [4.78, 5) is 9.10. The summed E-state index contributed by atoms with van der Waals surface area (Å²) >= 11 is 0. The van der Waals surface area contributed by atoms with Gasteiger partial charge in [0.1, 0.15) is 16.5 Å². The van der Waals surface area contributed by atoms with Crippen molar-refractivity contribution in [3.8, 4) is 0 Å². The van der Waals surface area contributed by atoms with Crippen LogP contribution in [0.4, 0.5) is 11.6 Å². The van der Waals surface area contributed by atoms with Crippen LogP contribution in [0.3, 0.4) is 0 Å². The minimum Gasteiger partial charge on any atom is -0.370 e. The largest absolute Gasteiger partial charge is 0.370 e. The molecule has 2 fully saturated rings. The van der Waals surface area contributed by atoms with E-state index in [1.54, 1.807) is 22.6 Å². The minimum atomic E-state index is -3.60. The van der Waals surface area contributed by atoms with Gasteiger partial charge < -0.3 is 10.6 Å². The van der Waals surface area contributed by atoms with E-state index in [-0.39, 0.29) is 10.3 Å². The predicted molar refractivity (Wildman–Crippen MR) is 124 cm³/mol. The van der Waals surface area contributed by atoms with Crippen molar-refractivity contribution in [1.82, 2.24) is 14.3 Å². The number of sulfonamides is 1. The first-order chi connectivity index (χ1) is 14.9. The summed E-state index contributed by atoms with van der Waals surface area (Å²) in [5, 5.41) is 6.47. The molecule has 1 spiro atoms. The number of rotatable bonds is 7. The summed E-state index contributed by atoms with van der Waals surface area (Å²) < 4.78 is 28.8. The molecule has 2 aliphatic rings. The van der Waals surface area contributed by atoms with Crippen LogP contribution in [-0.4, -0.2) is 42.3 Å². The number of aromatic nitrogens is 2. The molecule has 4 rings (SSSR count). The maximum Gasteiger partial charge on any atom is 0.246 e. The molecule has 2 aromatic heterocycles. The Labute approximate surface area is 185 Å². The number of hydrogen-bond acceptors (Lipinski definition) is 6. The lowest BCUT2D eigenvalue weighted by Crippen LogP contribution is -2.33. The number of aryl methyl sites for hydroxylation is 1. The van der Waals surface area contributed by atoms with Gasteiger partial charge in [0.15, 0.2) is 0 Å². The molecule has 0 radical (unpaired) electrons. The molecule has 1 aliphatic heterocycles. The van der Waals surface area contributed by atoms with Crippen LogP contribution in [0.25, 0.3) is 0 Å². The average Bonchev–Trinajstić information content (AvgIpc) is 3.17. The van der Waals surface area contributed by atoms with Crippen molar-refractivity contribution in [2.75, 3.05) is 30.3 Å². The van der Waals surface area contributed by atoms with E-state index in [4.69, 9.17) is 0 Å². The predicted octanol–water partition coefficient (Wildman–Crippen LogP) is 4.17. The van der Waals surface area contributed by atoms with E-state index in [0.29, 0.717) is 25.5 Å². The van der Waals surface area contributed by atoms with Crippen molar-refractivity contribution in [3.05, 3.63) is 41.7 Å². The first-order valence-corrected chi connectivity index (χ1v) is 12.8. The van der Waals surface area contributed by atoms with Gasteiger partial charge in [0, 0.05) is 38.1 Å². The van der Waals surface area contributed by atoms with Crippen LogP contribution in [-0.2, 0) is 16.6 Å². The van der Waals surface area contributed by atoms with E-state index < -0.39 is 10.0 Å². The molecular formula is C23H33N5O2S. The number of nitrogens with one attached hydrogen (secondary N) is 2. The highest BCUT2D eigenvalue weighted by atomic mass is 32.2. The van der Waals surface area contributed by atoms with Crippen molar-refractivity contribution in [2.24, 2.45) is 5.41 Å². The van der Waals surface area contributed by atoms with Gasteiger partial charge in [-0.3, -0.25) is 0 Å². The van der Waals surface area contributed by atoms with E-state index in [9.17, 15) is 8.42 Å². The van der Waals surface area contributed by atoms with Crippen LogP contribution in [0.1, 0.15) is 56.7 Å². The Kier molecular flexibility index (Phi) is 6.48. The quantitative estimate of drug-likeness (QED) is 0.668. The zero-order chi connectivity index (χ0) is 21.9. The summed E-state index contributed by atoms with van der Waals surface area (Å²) in [6, 6.07) is 7.36. The van der Waals surface area contributed by atoms with Crippen LogP contribution in [0.2, 0.25) is 0 Å². The Hall–Kier alpha value is -2.19. The molecule has 2 aromatic rings. The second-order valence-electron chi connectivity index (χ2n) is 8.88. The van der Waals surface area contributed by atoms with Crippen molar-refractivity contribution < 1.29 is 8.42 Å². The van der Waals surface area contributed by atoms with Gasteiger partial charge in [-0.2, -0.15) is 4.31 Å². The number of pyridine rings is 2. The molecule has 168 valence electrons. The number of nitrogens with zero attached hydrogens (tertiary/aromatic N) is 3. The lowest BCUT2D eigenvalue weighted by molar-refractivity contribution is 0.205. The lowest BCUT2D eigenvalue weighted by atomic mass is 9.74. The van der Waals surface area contributed by atoms with Gasteiger partial charge in [-0.05, 0) is 68.4 Å². The van der Waals surface area contributed by atoms with Crippen molar-refractivity contribution >= 4 is 21.7 Å². The van der Waals surface area contributed by atoms with E-state index in [1.807, 2.05) is 26.0 Å². The first-order valence-electron chi connectivity index (χ1n) is 11.3. The molecule has 3 heterocycles. The molecule has 0 unspecified atom stereocenters. The van der Waals surface area contributed by atoms with E-state index in [1.165, 1.54) is 19.3 Å². The van der Waals surface area contributed by atoms with Crippen LogP contribution >= 0.6 is 0 Å². The van der Waals surface area contributed by atoms with Crippen molar-refractivity contribution in [1.29, 1.82) is 0 Å². The molecule has 1 saturated heterocycles. The molecule has 8 heteroatoms. The average molecular weight is 444 g/mol. The van der Waals surface area contributed by atoms with E-state index in [0.717, 1.165) is 42.9 Å². The topological polar surface area (TPSA) is 87.2 Å². The van der Waals surface area contributed by atoms with Crippen molar-refractivity contribution in [2.45, 2.75) is 63.8 Å². The van der Waals surface area contributed by atoms with Gasteiger partial charge in [-0.15, -0.1) is 0 Å². The van der Waals surface area contributed by atoms with Gasteiger partial charge in [0.05, 0.1) is 0 Å². The highest BCUT2D eigenvalue weighted by Crippen LogP contribution is 2.45. The SMILES string of the molecule is CCNc1cc(CNc2nc(C)ccc2S(=O)(=O)N2CCC3(CCCCC3)C2)ccn1. The fourth-order valence-corrected chi connectivity index (χ4v) is 6.53. The minimum absolute atomic E-state index is 0.177. The Morgan fingerprint density at radius 2 is 1.90 bits per heavy atom. The first kappa shape index (κ1) is 22.0. The van der Waals surface area contributed by atoms with Crippen LogP contribution in [0.15, 0.2) is 35.4 Å². The zero-order valence-electron chi connectivity index (χ0n) is 18.5. The maximum atomic E-state index is 13.6. The Morgan fingerprint density at radius 1 is 1.10 bits per heavy atom. The number of anilines is 2. The zero-order valence-corrected chi connectivity index (χ0v) is 19.3. The maximum absolute atomic E-state index is 13.6. The monoisotopic (exact) mass is 443 g/mol. The molecule has 1 aliphatic carbocycles. The van der Waals surface area contributed by atoms with Crippen LogP contribution in [0, 0.1) is 12.3 Å². The third kappa shape index (κ3) is 4.85. The standard InChI is InChI=1S/C23H33N5O2S/c1-3-24-21-15-19(9-13-25-21)16-26-22-20(8-7-18(2)27-22)31(29,30)28-14-12-23(17-28)10-5-4-6-11-23/h7-9,13,15H,3-6,10-12,14,16-17H2,1-2H3,(H,24,25)(H,26,27).